The van der Waals surface area contributed by atoms with Crippen LogP contribution in [0.2, 0.25) is 0 Å². The summed E-state index contributed by atoms with van der Waals surface area (Å²) < 4.78 is 0. The van der Waals surface area contributed by atoms with Crippen molar-refractivity contribution in [1.82, 2.24) is 24.8 Å². The van der Waals surface area contributed by atoms with Gasteiger partial charge in [-0.3, -0.25) is 9.78 Å². The quantitative estimate of drug-likeness (QED) is 0.862. The van der Waals surface area contributed by atoms with Crippen molar-refractivity contribution >= 4 is 17.7 Å². The van der Waals surface area contributed by atoms with Crippen molar-refractivity contribution in [3.8, 4) is 0 Å². The lowest BCUT2D eigenvalue weighted by Crippen LogP contribution is -2.36. The molecule has 0 radical (unpaired) electrons. The highest BCUT2D eigenvalue weighted by atomic mass is 16.2. The number of aryl methyl sites for hydroxylation is 1. The van der Waals surface area contributed by atoms with Gasteiger partial charge in [0.15, 0.2) is 0 Å². The third-order valence-corrected chi connectivity index (χ3v) is 3.75. The van der Waals surface area contributed by atoms with Gasteiger partial charge in [-0.15, -0.1) is 0 Å². The zero-order valence-electron chi connectivity index (χ0n) is 13.0. The van der Waals surface area contributed by atoms with E-state index in [0.717, 1.165) is 24.5 Å². The van der Waals surface area contributed by atoms with Crippen molar-refractivity contribution in [2.45, 2.75) is 13.3 Å². The number of carbonyl (C=O) groups excluding carboxylic acids is 1. The summed E-state index contributed by atoms with van der Waals surface area (Å²) in [5.41, 5.74) is 6.94. The van der Waals surface area contributed by atoms with E-state index in [2.05, 4.69) is 24.8 Å². The lowest BCUT2D eigenvalue weighted by atomic mass is 10.3. The predicted octanol–water partition coefficient (Wildman–Crippen LogP) is 0.510. The Morgan fingerprint density at radius 3 is 2.78 bits per heavy atom. The Morgan fingerprint density at radius 1 is 1.17 bits per heavy atom. The second kappa shape index (κ2) is 6.55. The number of aromatic nitrogens is 4. The van der Waals surface area contributed by atoms with Gasteiger partial charge < -0.3 is 15.5 Å². The third-order valence-electron chi connectivity index (χ3n) is 3.75. The van der Waals surface area contributed by atoms with E-state index in [1.807, 2.05) is 13.0 Å². The topological polar surface area (TPSA) is 101 Å². The molecule has 1 fully saturated rings. The van der Waals surface area contributed by atoms with E-state index >= 15 is 0 Å². The summed E-state index contributed by atoms with van der Waals surface area (Å²) in [4.78, 5) is 32.8. The first-order valence-corrected chi connectivity index (χ1v) is 7.55. The number of hydrogen-bond acceptors (Lipinski definition) is 7. The highest BCUT2D eigenvalue weighted by molar-refractivity contribution is 5.92. The molecule has 2 aromatic rings. The Labute approximate surface area is 134 Å². The molecule has 1 aliphatic rings. The van der Waals surface area contributed by atoms with Crippen molar-refractivity contribution in [2.24, 2.45) is 0 Å². The first-order valence-electron chi connectivity index (χ1n) is 7.55. The van der Waals surface area contributed by atoms with Crippen molar-refractivity contribution in [1.29, 1.82) is 0 Å². The number of hydrogen-bond donors (Lipinski definition) is 1. The van der Waals surface area contributed by atoms with E-state index in [9.17, 15) is 4.79 Å². The van der Waals surface area contributed by atoms with E-state index in [1.165, 1.54) is 12.4 Å². The maximum atomic E-state index is 12.5. The van der Waals surface area contributed by atoms with Gasteiger partial charge >= 0.3 is 0 Å². The summed E-state index contributed by atoms with van der Waals surface area (Å²) in [6.45, 7) is 4.70. The molecule has 0 saturated carbocycles. The van der Waals surface area contributed by atoms with Crippen molar-refractivity contribution in [2.75, 3.05) is 36.8 Å². The van der Waals surface area contributed by atoms with Crippen LogP contribution in [0.4, 0.5) is 11.8 Å². The normalized spacial score (nSPS) is 15.3. The molecule has 3 rings (SSSR count). The van der Waals surface area contributed by atoms with Gasteiger partial charge in [-0.05, 0) is 13.3 Å². The van der Waals surface area contributed by atoms with Crippen LogP contribution in [-0.4, -0.2) is 56.9 Å². The molecule has 2 N–H and O–H groups in total. The average Bonchev–Trinajstić information content (AvgIpc) is 2.80. The third kappa shape index (κ3) is 3.53. The molecule has 8 heteroatoms. The molecule has 23 heavy (non-hydrogen) atoms. The molecule has 120 valence electrons. The summed E-state index contributed by atoms with van der Waals surface area (Å²) in [6.07, 6.45) is 5.45. The largest absolute Gasteiger partial charge is 0.368 e. The van der Waals surface area contributed by atoms with E-state index in [1.54, 1.807) is 11.1 Å². The molecule has 0 unspecified atom stereocenters. The SMILES string of the molecule is Cc1cc(N2CCCN(C(=O)c3cnccn3)CC2)nc(N)n1. The number of anilines is 2. The summed E-state index contributed by atoms with van der Waals surface area (Å²) >= 11 is 0. The van der Waals surface area contributed by atoms with Gasteiger partial charge in [0.2, 0.25) is 5.95 Å². The van der Waals surface area contributed by atoms with Crippen molar-refractivity contribution in [3.63, 3.8) is 0 Å². The molecular formula is C15H19N7O. The second-order valence-electron chi connectivity index (χ2n) is 5.45. The molecule has 0 aromatic carbocycles. The fourth-order valence-electron chi connectivity index (χ4n) is 2.66. The van der Waals surface area contributed by atoms with Gasteiger partial charge in [0, 0.05) is 50.3 Å². The monoisotopic (exact) mass is 313 g/mol. The summed E-state index contributed by atoms with van der Waals surface area (Å²) in [6, 6.07) is 1.91. The Hall–Kier alpha value is -2.77. The summed E-state index contributed by atoms with van der Waals surface area (Å²) in [7, 11) is 0. The molecule has 1 saturated heterocycles. The van der Waals surface area contributed by atoms with E-state index in [0.29, 0.717) is 25.3 Å². The smallest absolute Gasteiger partial charge is 0.274 e. The maximum Gasteiger partial charge on any atom is 0.274 e. The lowest BCUT2D eigenvalue weighted by Gasteiger charge is -2.23. The molecule has 2 aromatic heterocycles. The van der Waals surface area contributed by atoms with Crippen molar-refractivity contribution < 1.29 is 4.79 Å². The van der Waals surface area contributed by atoms with Crippen LogP contribution in [0.15, 0.2) is 24.7 Å². The second-order valence-corrected chi connectivity index (χ2v) is 5.45. The molecule has 1 amide bonds. The number of carbonyl (C=O) groups is 1. The van der Waals surface area contributed by atoms with Crippen LogP contribution >= 0.6 is 0 Å². The maximum absolute atomic E-state index is 12.5. The van der Waals surface area contributed by atoms with E-state index < -0.39 is 0 Å². The van der Waals surface area contributed by atoms with Crippen LogP contribution < -0.4 is 10.6 Å². The van der Waals surface area contributed by atoms with Gasteiger partial charge in [-0.25, -0.2) is 9.97 Å². The summed E-state index contributed by atoms with van der Waals surface area (Å²) in [5, 5.41) is 0. The van der Waals surface area contributed by atoms with Gasteiger partial charge in [-0.1, -0.05) is 0 Å². The molecule has 0 spiro atoms. The first-order chi connectivity index (χ1) is 11.1. The fraction of sp³-hybridized carbons (Fsp3) is 0.400. The minimum atomic E-state index is -0.0849. The van der Waals surface area contributed by atoms with Crippen LogP contribution in [0.1, 0.15) is 22.6 Å². The molecule has 1 aliphatic heterocycles. The highest BCUT2D eigenvalue weighted by Crippen LogP contribution is 2.16. The summed E-state index contributed by atoms with van der Waals surface area (Å²) in [5.74, 6) is 0.999. The predicted molar refractivity (Wildman–Crippen MR) is 85.9 cm³/mol. The number of nitrogens with zero attached hydrogens (tertiary/aromatic N) is 6. The van der Waals surface area contributed by atoms with Gasteiger partial charge in [0.05, 0.1) is 6.20 Å². The zero-order valence-corrected chi connectivity index (χ0v) is 13.0. The highest BCUT2D eigenvalue weighted by Gasteiger charge is 2.22. The molecule has 3 heterocycles. The van der Waals surface area contributed by atoms with Crippen molar-refractivity contribution in [3.05, 3.63) is 36.0 Å². The molecule has 0 atom stereocenters. The van der Waals surface area contributed by atoms with Crippen LogP contribution in [-0.2, 0) is 0 Å². The standard InChI is InChI=1S/C15H19N7O/c1-11-9-13(20-15(16)19-11)21-5-2-6-22(8-7-21)14(23)12-10-17-3-4-18-12/h3-4,9-10H,2,5-8H2,1H3,(H2,16,19,20). The fourth-order valence-corrected chi connectivity index (χ4v) is 2.66. The molecular weight excluding hydrogens is 294 g/mol. The zero-order chi connectivity index (χ0) is 16.2. The Kier molecular flexibility index (Phi) is 4.31. The lowest BCUT2D eigenvalue weighted by molar-refractivity contribution is 0.0760. The minimum Gasteiger partial charge on any atom is -0.368 e. The van der Waals surface area contributed by atoms with Gasteiger partial charge in [0.1, 0.15) is 11.5 Å². The van der Waals surface area contributed by atoms with E-state index in [4.69, 9.17) is 5.73 Å². The van der Waals surface area contributed by atoms with Crippen LogP contribution in [0.3, 0.4) is 0 Å². The Balaban J connectivity index is 1.71. The van der Waals surface area contributed by atoms with Crippen LogP contribution in [0, 0.1) is 6.92 Å². The first kappa shape index (κ1) is 15.1. The van der Waals surface area contributed by atoms with E-state index in [-0.39, 0.29) is 11.9 Å². The van der Waals surface area contributed by atoms with Gasteiger partial charge in [-0.2, -0.15) is 4.98 Å². The molecule has 0 bridgehead atoms. The van der Waals surface area contributed by atoms with Gasteiger partial charge in [0.25, 0.3) is 5.91 Å². The number of nitrogen functional groups attached to an aromatic ring is 1. The Morgan fingerprint density at radius 2 is 2.04 bits per heavy atom. The molecule has 0 aliphatic carbocycles. The number of rotatable bonds is 2. The average molecular weight is 313 g/mol. The number of amides is 1. The van der Waals surface area contributed by atoms with Crippen LogP contribution in [0.5, 0.6) is 0 Å². The molecule has 8 nitrogen and oxygen atoms in total. The van der Waals surface area contributed by atoms with Crippen LogP contribution in [0.25, 0.3) is 0 Å². The number of nitrogens with two attached hydrogens (primary N) is 1. The Bertz CT molecular complexity index is 671. The minimum absolute atomic E-state index is 0.0849.